The van der Waals surface area contributed by atoms with E-state index in [1.54, 1.807) is 0 Å². The van der Waals surface area contributed by atoms with Crippen molar-refractivity contribution in [1.29, 1.82) is 0 Å². The average molecular weight is 314 g/mol. The van der Waals surface area contributed by atoms with Gasteiger partial charge in [0.15, 0.2) is 0 Å². The maximum absolute atomic E-state index is 12.2. The van der Waals surface area contributed by atoms with E-state index in [-0.39, 0.29) is 5.41 Å². The van der Waals surface area contributed by atoms with Gasteiger partial charge in [-0.3, -0.25) is 14.7 Å². The first-order chi connectivity index (χ1) is 10.9. The molecule has 0 fully saturated rings. The smallest absolute Gasteiger partial charge is 0.138 e. The normalized spacial score (nSPS) is 16.3. The number of nitrogens with zero attached hydrogens (tertiary/aromatic N) is 2. The van der Waals surface area contributed by atoms with Crippen LogP contribution in [-0.4, -0.2) is 35.3 Å². The third-order valence-electron chi connectivity index (χ3n) is 5.03. The second-order valence-electron chi connectivity index (χ2n) is 7.21. The van der Waals surface area contributed by atoms with Crippen LogP contribution in [0.4, 0.5) is 0 Å². The minimum atomic E-state index is -0.161. The van der Waals surface area contributed by atoms with E-state index in [0.29, 0.717) is 12.2 Å². The van der Waals surface area contributed by atoms with Crippen molar-refractivity contribution in [3.05, 3.63) is 35.7 Å². The fourth-order valence-electron chi connectivity index (χ4n) is 2.87. The number of aryl methyl sites for hydroxylation is 1. The van der Waals surface area contributed by atoms with Gasteiger partial charge in [0.25, 0.3) is 0 Å². The SMILES string of the molecule is CCC(C)(C)C(=O)CCCN1CC=C(c2cccc(C)n2)CC1. The summed E-state index contributed by atoms with van der Waals surface area (Å²) in [6.45, 7) is 11.3. The summed E-state index contributed by atoms with van der Waals surface area (Å²) in [6, 6.07) is 6.21. The fraction of sp³-hybridized carbons (Fsp3) is 0.600. The zero-order valence-corrected chi connectivity index (χ0v) is 15.1. The number of hydrogen-bond acceptors (Lipinski definition) is 3. The molecule has 1 aliphatic rings. The van der Waals surface area contributed by atoms with Gasteiger partial charge in [-0.05, 0) is 50.4 Å². The van der Waals surface area contributed by atoms with Gasteiger partial charge in [0.2, 0.25) is 0 Å². The molecule has 0 radical (unpaired) electrons. The highest BCUT2D eigenvalue weighted by molar-refractivity contribution is 5.83. The largest absolute Gasteiger partial charge is 0.299 e. The van der Waals surface area contributed by atoms with Crippen molar-refractivity contribution in [2.45, 2.75) is 53.4 Å². The van der Waals surface area contributed by atoms with Crippen molar-refractivity contribution in [2.24, 2.45) is 5.41 Å². The van der Waals surface area contributed by atoms with Gasteiger partial charge in [0.05, 0.1) is 5.69 Å². The standard InChI is InChI=1S/C20H30N2O/c1-5-20(3,4)19(23)10-7-13-22-14-11-17(12-15-22)18-9-6-8-16(2)21-18/h6,8-9,11H,5,7,10,12-15H2,1-4H3. The molecule has 1 aromatic heterocycles. The maximum Gasteiger partial charge on any atom is 0.138 e. The molecule has 3 heteroatoms. The van der Waals surface area contributed by atoms with E-state index in [9.17, 15) is 4.79 Å². The Morgan fingerprint density at radius 3 is 2.74 bits per heavy atom. The molecule has 0 amide bonds. The van der Waals surface area contributed by atoms with E-state index in [2.05, 4.69) is 48.9 Å². The summed E-state index contributed by atoms with van der Waals surface area (Å²) in [5.74, 6) is 0.400. The van der Waals surface area contributed by atoms with Crippen LogP contribution in [0.1, 0.15) is 57.8 Å². The quantitative estimate of drug-likeness (QED) is 0.754. The maximum atomic E-state index is 12.2. The Morgan fingerprint density at radius 2 is 2.13 bits per heavy atom. The topological polar surface area (TPSA) is 33.2 Å². The summed E-state index contributed by atoms with van der Waals surface area (Å²) in [5.41, 5.74) is 3.38. The summed E-state index contributed by atoms with van der Waals surface area (Å²) in [7, 11) is 0. The van der Waals surface area contributed by atoms with Gasteiger partial charge in [0.1, 0.15) is 5.78 Å². The van der Waals surface area contributed by atoms with Gasteiger partial charge in [-0.15, -0.1) is 0 Å². The average Bonchev–Trinajstić information content (AvgIpc) is 2.55. The molecule has 1 aromatic rings. The molecule has 3 nitrogen and oxygen atoms in total. The van der Waals surface area contributed by atoms with Crippen molar-refractivity contribution in [3.63, 3.8) is 0 Å². The van der Waals surface area contributed by atoms with E-state index < -0.39 is 0 Å². The second kappa shape index (κ2) is 7.87. The summed E-state index contributed by atoms with van der Waals surface area (Å²) >= 11 is 0. The summed E-state index contributed by atoms with van der Waals surface area (Å²) in [5, 5.41) is 0. The van der Waals surface area contributed by atoms with E-state index in [4.69, 9.17) is 0 Å². The summed E-state index contributed by atoms with van der Waals surface area (Å²) < 4.78 is 0. The lowest BCUT2D eigenvalue weighted by Gasteiger charge is -2.27. The summed E-state index contributed by atoms with van der Waals surface area (Å²) in [4.78, 5) is 19.2. The van der Waals surface area contributed by atoms with Crippen LogP contribution in [0.25, 0.3) is 5.57 Å². The van der Waals surface area contributed by atoms with Crippen LogP contribution in [0, 0.1) is 12.3 Å². The third-order valence-corrected chi connectivity index (χ3v) is 5.03. The van der Waals surface area contributed by atoms with Crippen molar-refractivity contribution < 1.29 is 4.79 Å². The number of carbonyl (C=O) groups is 1. The molecule has 1 aliphatic heterocycles. The van der Waals surface area contributed by atoms with Crippen LogP contribution in [-0.2, 0) is 4.79 Å². The van der Waals surface area contributed by atoms with Crippen LogP contribution < -0.4 is 0 Å². The Kier molecular flexibility index (Phi) is 6.11. The van der Waals surface area contributed by atoms with Crippen LogP contribution in [0.3, 0.4) is 0 Å². The molecule has 0 saturated carbocycles. The molecule has 0 N–H and O–H groups in total. The predicted molar refractivity (Wildman–Crippen MR) is 96.3 cm³/mol. The Morgan fingerprint density at radius 1 is 1.35 bits per heavy atom. The first-order valence-electron chi connectivity index (χ1n) is 8.81. The molecule has 2 rings (SSSR count). The van der Waals surface area contributed by atoms with Crippen LogP contribution >= 0.6 is 0 Å². The Labute approximate surface area is 140 Å². The highest BCUT2D eigenvalue weighted by Crippen LogP contribution is 2.24. The van der Waals surface area contributed by atoms with Gasteiger partial charge < -0.3 is 0 Å². The molecule has 2 heterocycles. The molecular weight excluding hydrogens is 284 g/mol. The summed E-state index contributed by atoms with van der Waals surface area (Å²) in [6.07, 6.45) is 5.93. The van der Waals surface area contributed by atoms with E-state index in [1.165, 1.54) is 5.57 Å². The number of hydrogen-bond donors (Lipinski definition) is 0. The molecule has 0 aromatic carbocycles. The number of Topliss-reactive ketones (excluding diaryl/α,β-unsaturated/α-hetero) is 1. The number of carbonyl (C=O) groups excluding carboxylic acids is 1. The molecule has 0 bridgehead atoms. The predicted octanol–water partition coefficient (Wildman–Crippen LogP) is 4.26. The lowest BCUT2D eigenvalue weighted by molar-refractivity contribution is -0.127. The number of aromatic nitrogens is 1. The number of pyridine rings is 1. The zero-order chi connectivity index (χ0) is 16.9. The minimum absolute atomic E-state index is 0.161. The van der Waals surface area contributed by atoms with Gasteiger partial charge >= 0.3 is 0 Å². The highest BCUT2D eigenvalue weighted by Gasteiger charge is 2.24. The Hall–Kier alpha value is -1.48. The van der Waals surface area contributed by atoms with E-state index >= 15 is 0 Å². The molecule has 0 unspecified atom stereocenters. The first-order valence-corrected chi connectivity index (χ1v) is 8.81. The Bertz CT molecular complexity index is 575. The third kappa shape index (κ3) is 5.00. The van der Waals surface area contributed by atoms with Crippen LogP contribution in [0.2, 0.25) is 0 Å². The number of rotatable bonds is 7. The molecular formula is C20H30N2O. The van der Waals surface area contributed by atoms with E-state index in [1.807, 2.05) is 13.0 Å². The lowest BCUT2D eigenvalue weighted by atomic mass is 9.83. The van der Waals surface area contributed by atoms with Crippen LogP contribution in [0.5, 0.6) is 0 Å². The van der Waals surface area contributed by atoms with Gasteiger partial charge in [-0.2, -0.15) is 0 Å². The highest BCUT2D eigenvalue weighted by atomic mass is 16.1. The van der Waals surface area contributed by atoms with Crippen molar-refractivity contribution in [3.8, 4) is 0 Å². The molecule has 0 saturated heterocycles. The van der Waals surface area contributed by atoms with Crippen molar-refractivity contribution >= 4 is 11.4 Å². The molecule has 0 spiro atoms. The van der Waals surface area contributed by atoms with Crippen molar-refractivity contribution in [1.82, 2.24) is 9.88 Å². The molecule has 0 atom stereocenters. The van der Waals surface area contributed by atoms with Gasteiger partial charge in [-0.25, -0.2) is 0 Å². The van der Waals surface area contributed by atoms with E-state index in [0.717, 1.165) is 50.3 Å². The zero-order valence-electron chi connectivity index (χ0n) is 15.1. The lowest BCUT2D eigenvalue weighted by Crippen LogP contribution is -2.31. The molecule has 23 heavy (non-hydrogen) atoms. The van der Waals surface area contributed by atoms with Crippen LogP contribution in [0.15, 0.2) is 24.3 Å². The fourth-order valence-corrected chi connectivity index (χ4v) is 2.87. The Balaban J connectivity index is 1.80. The second-order valence-corrected chi connectivity index (χ2v) is 7.21. The molecule has 0 aliphatic carbocycles. The van der Waals surface area contributed by atoms with Gasteiger partial charge in [0, 0.05) is 30.6 Å². The van der Waals surface area contributed by atoms with Crippen molar-refractivity contribution in [2.75, 3.05) is 19.6 Å². The number of ketones is 1. The molecule has 126 valence electrons. The monoisotopic (exact) mass is 314 g/mol. The minimum Gasteiger partial charge on any atom is -0.299 e. The first kappa shape index (κ1) is 17.9. The van der Waals surface area contributed by atoms with Gasteiger partial charge in [-0.1, -0.05) is 32.9 Å².